The normalized spacial score (nSPS) is 17.5. The van der Waals surface area contributed by atoms with Crippen LogP contribution in [0.4, 0.5) is 0 Å². The van der Waals surface area contributed by atoms with Gasteiger partial charge in [0.25, 0.3) is 0 Å². The van der Waals surface area contributed by atoms with Crippen molar-refractivity contribution in [3.8, 4) is 5.75 Å². The van der Waals surface area contributed by atoms with Crippen molar-refractivity contribution in [3.05, 3.63) is 24.3 Å². The van der Waals surface area contributed by atoms with Gasteiger partial charge in [-0.25, -0.2) is 8.42 Å². The number of methoxy groups -OCH3 is 1. The van der Waals surface area contributed by atoms with E-state index in [4.69, 9.17) is 4.74 Å². The van der Waals surface area contributed by atoms with Gasteiger partial charge >= 0.3 is 0 Å². The Hall–Kier alpha value is -1.60. The van der Waals surface area contributed by atoms with E-state index in [9.17, 15) is 13.2 Å². The van der Waals surface area contributed by atoms with Crippen molar-refractivity contribution in [2.75, 3.05) is 20.2 Å². The first-order chi connectivity index (χ1) is 13.2. The summed E-state index contributed by atoms with van der Waals surface area (Å²) in [6, 6.07) is 6.58. The maximum atomic E-state index is 12.8. The molecule has 7 heteroatoms. The van der Waals surface area contributed by atoms with Gasteiger partial charge < -0.3 is 10.1 Å². The van der Waals surface area contributed by atoms with E-state index in [0.29, 0.717) is 37.6 Å². The Morgan fingerprint density at radius 2 is 1.75 bits per heavy atom. The number of sulfonamides is 1. The number of benzene rings is 1. The molecular weight excluding hydrogens is 376 g/mol. The Kier molecular flexibility index (Phi) is 8.31. The number of ether oxygens (including phenoxy) is 1. The summed E-state index contributed by atoms with van der Waals surface area (Å²) in [6.45, 7) is 7.19. The van der Waals surface area contributed by atoms with Crippen molar-refractivity contribution in [2.45, 2.75) is 63.8 Å². The lowest BCUT2D eigenvalue weighted by Crippen LogP contribution is -2.44. The number of carbonyl (C=O) groups excluding carboxylic acids is 1. The van der Waals surface area contributed by atoms with Crippen LogP contribution in [0.3, 0.4) is 0 Å². The summed E-state index contributed by atoms with van der Waals surface area (Å²) >= 11 is 0. The fourth-order valence-corrected chi connectivity index (χ4v) is 4.99. The number of amides is 1. The average Bonchev–Trinajstić information content (AvgIpc) is 2.67. The van der Waals surface area contributed by atoms with Gasteiger partial charge in [-0.2, -0.15) is 4.31 Å². The fraction of sp³-hybridized carbons (Fsp3) is 0.667. The van der Waals surface area contributed by atoms with Crippen LogP contribution in [0.5, 0.6) is 5.75 Å². The van der Waals surface area contributed by atoms with Gasteiger partial charge in [-0.15, -0.1) is 0 Å². The van der Waals surface area contributed by atoms with Crippen LogP contribution in [0, 0.1) is 11.8 Å². The largest absolute Gasteiger partial charge is 0.497 e. The monoisotopic (exact) mass is 410 g/mol. The number of nitrogens with one attached hydrogen (secondary N) is 1. The Balaban J connectivity index is 1.84. The van der Waals surface area contributed by atoms with E-state index < -0.39 is 10.0 Å². The average molecular weight is 411 g/mol. The standard InChI is InChI=1S/C21H34N2O4S/c1-16(2)6-5-7-17(3)22-21(24)18-12-14-23(15-13-18)28(25,26)20-10-8-19(27-4)9-11-20/h8-11,16-18H,5-7,12-15H2,1-4H3,(H,22,24). The van der Waals surface area contributed by atoms with Gasteiger partial charge in [0.05, 0.1) is 12.0 Å². The SMILES string of the molecule is COc1ccc(S(=O)(=O)N2CCC(C(=O)NC(C)CCCC(C)C)CC2)cc1. The molecule has 158 valence electrons. The number of nitrogens with zero attached hydrogens (tertiary/aromatic N) is 1. The zero-order valence-electron chi connectivity index (χ0n) is 17.5. The molecule has 1 unspecified atom stereocenters. The van der Waals surface area contributed by atoms with Crippen molar-refractivity contribution in [1.29, 1.82) is 0 Å². The topological polar surface area (TPSA) is 75.7 Å². The van der Waals surface area contributed by atoms with E-state index in [1.165, 1.54) is 10.7 Å². The summed E-state index contributed by atoms with van der Waals surface area (Å²) in [5.41, 5.74) is 0. The molecule has 1 saturated heterocycles. The molecular formula is C21H34N2O4S. The molecule has 2 rings (SSSR count). The Morgan fingerprint density at radius 3 is 2.29 bits per heavy atom. The minimum Gasteiger partial charge on any atom is -0.497 e. The summed E-state index contributed by atoms with van der Waals surface area (Å²) < 4.78 is 32.2. The molecule has 1 atom stereocenters. The van der Waals surface area contributed by atoms with Gasteiger partial charge in [0, 0.05) is 25.0 Å². The predicted molar refractivity (Wildman–Crippen MR) is 111 cm³/mol. The smallest absolute Gasteiger partial charge is 0.243 e. The molecule has 0 aromatic heterocycles. The summed E-state index contributed by atoms with van der Waals surface area (Å²) in [5, 5.41) is 3.10. The molecule has 0 aliphatic carbocycles. The Morgan fingerprint density at radius 1 is 1.14 bits per heavy atom. The third kappa shape index (κ3) is 6.21. The zero-order valence-corrected chi connectivity index (χ0v) is 18.3. The highest BCUT2D eigenvalue weighted by Gasteiger charge is 2.32. The zero-order chi connectivity index (χ0) is 20.7. The molecule has 1 amide bonds. The molecule has 0 spiro atoms. The summed E-state index contributed by atoms with van der Waals surface area (Å²) in [4.78, 5) is 12.8. The lowest BCUT2D eigenvalue weighted by atomic mass is 9.96. The maximum absolute atomic E-state index is 12.8. The van der Waals surface area contributed by atoms with Crippen LogP contribution >= 0.6 is 0 Å². The van der Waals surface area contributed by atoms with Gasteiger partial charge in [0.2, 0.25) is 15.9 Å². The molecule has 1 heterocycles. The van der Waals surface area contributed by atoms with Gasteiger partial charge in [-0.1, -0.05) is 26.7 Å². The Bertz CT molecular complexity index is 723. The second-order valence-electron chi connectivity index (χ2n) is 8.09. The van der Waals surface area contributed by atoms with Crippen molar-refractivity contribution < 1.29 is 17.9 Å². The first kappa shape index (κ1) is 22.7. The van der Waals surface area contributed by atoms with E-state index >= 15 is 0 Å². The first-order valence-corrected chi connectivity index (χ1v) is 11.6. The van der Waals surface area contributed by atoms with Crippen molar-refractivity contribution >= 4 is 15.9 Å². The lowest BCUT2D eigenvalue weighted by Gasteiger charge is -2.31. The van der Waals surface area contributed by atoms with E-state index in [2.05, 4.69) is 19.2 Å². The highest BCUT2D eigenvalue weighted by molar-refractivity contribution is 7.89. The third-order valence-electron chi connectivity index (χ3n) is 5.33. The van der Waals surface area contributed by atoms with E-state index in [1.54, 1.807) is 31.4 Å². The van der Waals surface area contributed by atoms with Gasteiger partial charge in [-0.3, -0.25) is 4.79 Å². The molecule has 1 fully saturated rings. The summed E-state index contributed by atoms with van der Waals surface area (Å²) in [7, 11) is -1.99. The number of piperidine rings is 1. The van der Waals surface area contributed by atoms with Crippen LogP contribution in [0.25, 0.3) is 0 Å². The van der Waals surface area contributed by atoms with Gasteiger partial charge in [0.15, 0.2) is 0 Å². The molecule has 1 aromatic carbocycles. The molecule has 28 heavy (non-hydrogen) atoms. The number of hydrogen-bond acceptors (Lipinski definition) is 4. The van der Waals surface area contributed by atoms with Crippen LogP contribution < -0.4 is 10.1 Å². The van der Waals surface area contributed by atoms with Crippen LogP contribution in [-0.4, -0.2) is 44.9 Å². The second-order valence-corrected chi connectivity index (χ2v) is 10.0. The van der Waals surface area contributed by atoms with Gasteiger partial charge in [0.1, 0.15) is 5.75 Å². The number of carbonyl (C=O) groups is 1. The number of hydrogen-bond donors (Lipinski definition) is 1. The minimum absolute atomic E-state index is 0.0542. The summed E-state index contributed by atoms with van der Waals surface area (Å²) in [6.07, 6.45) is 4.37. The van der Waals surface area contributed by atoms with Crippen LogP contribution in [0.2, 0.25) is 0 Å². The van der Waals surface area contributed by atoms with Crippen LogP contribution in [-0.2, 0) is 14.8 Å². The number of rotatable bonds is 9. The van der Waals surface area contributed by atoms with E-state index in [1.807, 2.05) is 6.92 Å². The maximum Gasteiger partial charge on any atom is 0.243 e. The van der Waals surface area contributed by atoms with Crippen molar-refractivity contribution in [1.82, 2.24) is 9.62 Å². The quantitative estimate of drug-likeness (QED) is 0.677. The van der Waals surface area contributed by atoms with Crippen LogP contribution in [0.1, 0.15) is 52.9 Å². The molecule has 1 N–H and O–H groups in total. The van der Waals surface area contributed by atoms with E-state index in [0.717, 1.165) is 12.8 Å². The van der Waals surface area contributed by atoms with Crippen LogP contribution in [0.15, 0.2) is 29.2 Å². The molecule has 6 nitrogen and oxygen atoms in total. The molecule has 0 bridgehead atoms. The second kappa shape index (κ2) is 10.3. The Labute approximate surface area is 169 Å². The molecule has 1 aliphatic heterocycles. The summed E-state index contributed by atoms with van der Waals surface area (Å²) in [5.74, 6) is 1.24. The minimum atomic E-state index is -3.53. The van der Waals surface area contributed by atoms with Gasteiger partial charge in [-0.05, 0) is 56.4 Å². The van der Waals surface area contributed by atoms with Crippen molar-refractivity contribution in [3.63, 3.8) is 0 Å². The van der Waals surface area contributed by atoms with Crippen molar-refractivity contribution in [2.24, 2.45) is 11.8 Å². The highest BCUT2D eigenvalue weighted by atomic mass is 32.2. The van der Waals surface area contributed by atoms with E-state index in [-0.39, 0.29) is 22.8 Å². The lowest BCUT2D eigenvalue weighted by molar-refractivity contribution is -0.126. The molecule has 1 aromatic rings. The first-order valence-electron chi connectivity index (χ1n) is 10.2. The predicted octanol–water partition coefficient (Wildman–Crippen LogP) is 3.43. The molecule has 1 aliphatic rings. The molecule has 0 saturated carbocycles. The molecule has 0 radical (unpaired) electrons. The fourth-order valence-electron chi connectivity index (χ4n) is 3.52. The third-order valence-corrected chi connectivity index (χ3v) is 7.24. The highest BCUT2D eigenvalue weighted by Crippen LogP contribution is 2.25.